The first-order chi connectivity index (χ1) is 12.8. The summed E-state index contributed by atoms with van der Waals surface area (Å²) in [4.78, 5) is 4.61. The van der Waals surface area contributed by atoms with Crippen LogP contribution in [-0.2, 0) is 15.9 Å². The summed E-state index contributed by atoms with van der Waals surface area (Å²) in [5.74, 6) is 2.51. The smallest absolute Gasteiger partial charge is 0.231 e. The van der Waals surface area contributed by atoms with Crippen molar-refractivity contribution in [2.24, 2.45) is 4.99 Å². The number of benzene rings is 1. The van der Waals surface area contributed by atoms with Crippen molar-refractivity contribution in [2.75, 3.05) is 53.4 Å². The lowest BCUT2D eigenvalue weighted by Crippen LogP contribution is -2.38. The molecule has 1 aliphatic rings. The Morgan fingerprint density at radius 2 is 2.00 bits per heavy atom. The van der Waals surface area contributed by atoms with Crippen molar-refractivity contribution in [3.05, 3.63) is 23.8 Å². The lowest BCUT2D eigenvalue weighted by molar-refractivity contribution is 0.0690. The minimum atomic E-state index is 0.311. The van der Waals surface area contributed by atoms with Gasteiger partial charge in [0.05, 0.1) is 13.2 Å². The Bertz CT molecular complexity index is 552. The van der Waals surface area contributed by atoms with E-state index >= 15 is 0 Å². The number of nitrogens with zero attached hydrogens (tertiary/aromatic N) is 1. The van der Waals surface area contributed by atoms with Gasteiger partial charge in [0.15, 0.2) is 17.5 Å². The second-order valence-corrected chi connectivity index (χ2v) is 5.94. The fourth-order valence-corrected chi connectivity index (χ4v) is 2.51. The van der Waals surface area contributed by atoms with Gasteiger partial charge in [-0.15, -0.1) is 0 Å². The van der Waals surface area contributed by atoms with Crippen LogP contribution in [0.25, 0.3) is 0 Å². The number of rotatable bonds is 12. The molecule has 0 spiro atoms. The second kappa shape index (κ2) is 12.4. The van der Waals surface area contributed by atoms with Crippen molar-refractivity contribution in [1.82, 2.24) is 10.6 Å². The number of unbranched alkanes of at least 4 members (excludes halogenated alkanes) is 1. The minimum Gasteiger partial charge on any atom is -0.454 e. The van der Waals surface area contributed by atoms with E-state index in [1.807, 2.05) is 12.1 Å². The molecule has 0 unspecified atom stereocenters. The molecule has 26 heavy (non-hydrogen) atoms. The van der Waals surface area contributed by atoms with E-state index in [0.29, 0.717) is 20.0 Å². The molecular weight excluding hydrogens is 334 g/mol. The van der Waals surface area contributed by atoms with E-state index in [1.165, 1.54) is 5.56 Å². The van der Waals surface area contributed by atoms with E-state index in [9.17, 15) is 0 Å². The van der Waals surface area contributed by atoms with Crippen molar-refractivity contribution in [3.8, 4) is 11.5 Å². The third kappa shape index (κ3) is 7.49. The van der Waals surface area contributed by atoms with Crippen molar-refractivity contribution >= 4 is 5.96 Å². The average molecular weight is 365 g/mol. The van der Waals surface area contributed by atoms with E-state index in [2.05, 4.69) is 28.6 Å². The van der Waals surface area contributed by atoms with Gasteiger partial charge in [0.1, 0.15) is 0 Å². The summed E-state index contributed by atoms with van der Waals surface area (Å²) < 4.78 is 21.1. The SMILES string of the molecule is CCNC(=NCCCCOCCOC)NCCc1ccc2c(c1)OCO2. The van der Waals surface area contributed by atoms with Crippen LogP contribution in [0.2, 0.25) is 0 Å². The normalized spacial score (nSPS) is 13.1. The molecule has 7 nitrogen and oxygen atoms in total. The van der Waals surface area contributed by atoms with Crippen LogP contribution in [-0.4, -0.2) is 59.3 Å². The predicted octanol–water partition coefficient (Wildman–Crippen LogP) is 1.96. The van der Waals surface area contributed by atoms with Crippen LogP contribution in [0.3, 0.4) is 0 Å². The molecule has 0 saturated carbocycles. The summed E-state index contributed by atoms with van der Waals surface area (Å²) >= 11 is 0. The highest BCUT2D eigenvalue weighted by Gasteiger charge is 2.12. The van der Waals surface area contributed by atoms with E-state index in [4.69, 9.17) is 18.9 Å². The van der Waals surface area contributed by atoms with Crippen LogP contribution in [0.4, 0.5) is 0 Å². The van der Waals surface area contributed by atoms with E-state index in [-0.39, 0.29) is 0 Å². The topological polar surface area (TPSA) is 73.3 Å². The maximum atomic E-state index is 5.45. The number of hydrogen-bond acceptors (Lipinski definition) is 5. The van der Waals surface area contributed by atoms with Gasteiger partial charge in [-0.05, 0) is 43.9 Å². The van der Waals surface area contributed by atoms with Gasteiger partial charge in [0, 0.05) is 33.4 Å². The highest BCUT2D eigenvalue weighted by Crippen LogP contribution is 2.32. The molecule has 0 radical (unpaired) electrons. The maximum Gasteiger partial charge on any atom is 0.231 e. The summed E-state index contributed by atoms with van der Waals surface area (Å²) in [6.07, 6.45) is 2.91. The Kier molecular flexibility index (Phi) is 9.67. The number of aliphatic imine (C=N–C) groups is 1. The monoisotopic (exact) mass is 365 g/mol. The molecule has 1 heterocycles. The Balaban J connectivity index is 1.63. The molecule has 0 fully saturated rings. The molecule has 146 valence electrons. The molecule has 2 rings (SSSR count). The Hall–Kier alpha value is -1.99. The molecule has 0 saturated heterocycles. The summed E-state index contributed by atoms with van der Waals surface area (Å²) in [6, 6.07) is 6.08. The molecule has 0 amide bonds. The summed E-state index contributed by atoms with van der Waals surface area (Å²) in [5.41, 5.74) is 1.21. The first kappa shape index (κ1) is 20.3. The molecule has 0 aliphatic carbocycles. The number of fused-ring (bicyclic) bond motifs is 1. The summed E-state index contributed by atoms with van der Waals surface area (Å²) in [6.45, 7) is 6.88. The molecule has 1 aromatic rings. The van der Waals surface area contributed by atoms with Gasteiger partial charge in [-0.2, -0.15) is 0 Å². The fraction of sp³-hybridized carbons (Fsp3) is 0.632. The Labute approximate surface area is 156 Å². The summed E-state index contributed by atoms with van der Waals surface area (Å²) in [7, 11) is 1.68. The second-order valence-electron chi connectivity index (χ2n) is 5.94. The molecule has 0 bridgehead atoms. The van der Waals surface area contributed by atoms with Gasteiger partial charge in [-0.1, -0.05) is 6.07 Å². The third-order valence-corrected chi connectivity index (χ3v) is 3.89. The van der Waals surface area contributed by atoms with Gasteiger partial charge < -0.3 is 29.6 Å². The Morgan fingerprint density at radius 3 is 2.85 bits per heavy atom. The molecule has 0 aromatic heterocycles. The van der Waals surface area contributed by atoms with Crippen LogP contribution in [0, 0.1) is 0 Å². The molecule has 7 heteroatoms. The zero-order valence-electron chi connectivity index (χ0n) is 15.9. The minimum absolute atomic E-state index is 0.311. The molecule has 0 atom stereocenters. The highest BCUT2D eigenvalue weighted by atomic mass is 16.7. The van der Waals surface area contributed by atoms with Crippen molar-refractivity contribution in [3.63, 3.8) is 0 Å². The third-order valence-electron chi connectivity index (χ3n) is 3.89. The Morgan fingerprint density at radius 1 is 1.12 bits per heavy atom. The number of hydrogen-bond donors (Lipinski definition) is 2. The van der Waals surface area contributed by atoms with E-state index in [0.717, 1.165) is 63.0 Å². The van der Waals surface area contributed by atoms with Gasteiger partial charge in [-0.25, -0.2) is 0 Å². The van der Waals surface area contributed by atoms with Gasteiger partial charge in [0.2, 0.25) is 6.79 Å². The number of guanidine groups is 1. The summed E-state index contributed by atoms with van der Waals surface area (Å²) in [5, 5.41) is 6.65. The van der Waals surface area contributed by atoms with Gasteiger partial charge in [0.25, 0.3) is 0 Å². The number of nitrogens with one attached hydrogen (secondary N) is 2. The molecular formula is C19H31N3O4. The van der Waals surface area contributed by atoms with Crippen molar-refractivity contribution < 1.29 is 18.9 Å². The van der Waals surface area contributed by atoms with E-state index in [1.54, 1.807) is 7.11 Å². The zero-order valence-corrected chi connectivity index (χ0v) is 15.9. The lowest BCUT2D eigenvalue weighted by atomic mass is 10.1. The standard InChI is InChI=1S/C19H31N3O4/c1-3-20-19(21-9-4-5-11-24-13-12-23-2)22-10-8-16-6-7-17-18(14-16)26-15-25-17/h6-7,14H,3-5,8-13,15H2,1-2H3,(H2,20,21,22). The molecule has 1 aromatic carbocycles. The number of methoxy groups -OCH3 is 1. The van der Waals surface area contributed by atoms with Crippen LogP contribution >= 0.6 is 0 Å². The van der Waals surface area contributed by atoms with Crippen LogP contribution in [0.5, 0.6) is 11.5 Å². The largest absolute Gasteiger partial charge is 0.454 e. The first-order valence-electron chi connectivity index (χ1n) is 9.31. The van der Waals surface area contributed by atoms with Crippen LogP contribution < -0.4 is 20.1 Å². The molecule has 2 N–H and O–H groups in total. The van der Waals surface area contributed by atoms with Crippen LogP contribution in [0.15, 0.2) is 23.2 Å². The van der Waals surface area contributed by atoms with Gasteiger partial charge >= 0.3 is 0 Å². The highest BCUT2D eigenvalue weighted by molar-refractivity contribution is 5.79. The maximum absolute atomic E-state index is 5.45. The quantitative estimate of drug-likeness (QED) is 0.335. The average Bonchev–Trinajstić information content (AvgIpc) is 3.11. The van der Waals surface area contributed by atoms with E-state index < -0.39 is 0 Å². The lowest BCUT2D eigenvalue weighted by Gasteiger charge is -2.11. The van der Waals surface area contributed by atoms with Gasteiger partial charge in [-0.3, -0.25) is 4.99 Å². The van der Waals surface area contributed by atoms with Crippen molar-refractivity contribution in [2.45, 2.75) is 26.2 Å². The molecule has 1 aliphatic heterocycles. The zero-order chi connectivity index (χ0) is 18.5. The van der Waals surface area contributed by atoms with Crippen molar-refractivity contribution in [1.29, 1.82) is 0 Å². The predicted molar refractivity (Wildman–Crippen MR) is 102 cm³/mol. The fourth-order valence-electron chi connectivity index (χ4n) is 2.51. The first-order valence-corrected chi connectivity index (χ1v) is 9.31. The van der Waals surface area contributed by atoms with Crippen LogP contribution in [0.1, 0.15) is 25.3 Å². The number of ether oxygens (including phenoxy) is 4.